The number of anilines is 1. The van der Waals surface area contributed by atoms with Gasteiger partial charge in [0.25, 0.3) is 0 Å². The maximum atomic E-state index is 5.90. The molecular formula is C15H14ClN. The van der Waals surface area contributed by atoms with Crippen molar-refractivity contribution in [2.24, 2.45) is 0 Å². The van der Waals surface area contributed by atoms with Crippen molar-refractivity contribution in [1.29, 1.82) is 0 Å². The van der Waals surface area contributed by atoms with Crippen LogP contribution in [-0.2, 0) is 0 Å². The molecule has 0 spiro atoms. The van der Waals surface area contributed by atoms with Crippen LogP contribution in [-0.4, -0.2) is 6.54 Å². The Bertz CT molecular complexity index is 491. The van der Waals surface area contributed by atoms with E-state index in [1.165, 1.54) is 5.56 Å². The zero-order chi connectivity index (χ0) is 11.9. The van der Waals surface area contributed by atoms with E-state index < -0.39 is 0 Å². The minimum atomic E-state index is 0.752. The molecule has 0 fully saturated rings. The molecule has 0 aromatic heterocycles. The van der Waals surface area contributed by atoms with Gasteiger partial charge in [-0.15, -0.1) is 0 Å². The van der Waals surface area contributed by atoms with E-state index in [9.17, 15) is 0 Å². The molecular weight excluding hydrogens is 230 g/mol. The Balaban J connectivity index is 1.86. The maximum Gasteiger partial charge on any atom is 0.0426 e. The first-order valence-corrected chi connectivity index (χ1v) is 5.93. The van der Waals surface area contributed by atoms with Crippen LogP contribution in [0.4, 0.5) is 5.69 Å². The Morgan fingerprint density at radius 1 is 1.00 bits per heavy atom. The van der Waals surface area contributed by atoms with Gasteiger partial charge < -0.3 is 5.32 Å². The normalized spacial score (nSPS) is 10.6. The van der Waals surface area contributed by atoms with E-state index in [0.717, 1.165) is 17.3 Å². The number of halogens is 1. The highest BCUT2D eigenvalue weighted by atomic mass is 35.5. The summed E-state index contributed by atoms with van der Waals surface area (Å²) in [6.45, 7) is 0.787. The Hall–Kier alpha value is -1.73. The van der Waals surface area contributed by atoms with E-state index in [0.29, 0.717) is 0 Å². The number of nitrogens with one attached hydrogen (secondary N) is 1. The number of rotatable bonds is 4. The zero-order valence-corrected chi connectivity index (χ0v) is 10.2. The second kappa shape index (κ2) is 6.12. The van der Waals surface area contributed by atoms with Crippen molar-refractivity contribution >= 4 is 23.4 Å². The van der Waals surface area contributed by atoms with Gasteiger partial charge in [-0.1, -0.05) is 60.2 Å². The minimum absolute atomic E-state index is 0.752. The van der Waals surface area contributed by atoms with Gasteiger partial charge in [-0.3, -0.25) is 0 Å². The minimum Gasteiger partial charge on any atom is -0.382 e. The molecule has 1 N–H and O–H groups in total. The van der Waals surface area contributed by atoms with E-state index in [2.05, 4.69) is 29.6 Å². The molecule has 0 aliphatic carbocycles. The predicted octanol–water partition coefficient (Wildman–Crippen LogP) is 4.47. The molecule has 0 heterocycles. The third-order valence-electron chi connectivity index (χ3n) is 2.36. The highest BCUT2D eigenvalue weighted by Crippen LogP contribution is 2.14. The Morgan fingerprint density at radius 3 is 2.59 bits per heavy atom. The molecule has 2 rings (SSSR count). The summed E-state index contributed by atoms with van der Waals surface area (Å²) in [5.41, 5.74) is 2.25. The lowest BCUT2D eigenvalue weighted by Gasteiger charge is -2.02. The van der Waals surface area contributed by atoms with Crippen LogP contribution in [0.5, 0.6) is 0 Å². The molecule has 0 radical (unpaired) electrons. The fraction of sp³-hybridized carbons (Fsp3) is 0.0667. The van der Waals surface area contributed by atoms with Gasteiger partial charge in [0.2, 0.25) is 0 Å². The number of hydrogen-bond donors (Lipinski definition) is 1. The summed E-state index contributed by atoms with van der Waals surface area (Å²) in [5, 5.41) is 4.04. The molecule has 17 heavy (non-hydrogen) atoms. The van der Waals surface area contributed by atoms with Gasteiger partial charge in [-0.2, -0.15) is 0 Å². The molecule has 0 unspecified atom stereocenters. The topological polar surface area (TPSA) is 12.0 Å². The van der Waals surface area contributed by atoms with Crippen molar-refractivity contribution in [2.75, 3.05) is 11.9 Å². The average Bonchev–Trinajstić information content (AvgIpc) is 2.36. The van der Waals surface area contributed by atoms with Crippen LogP contribution in [0.15, 0.2) is 60.7 Å². The van der Waals surface area contributed by atoms with Gasteiger partial charge in [0.1, 0.15) is 0 Å². The molecule has 0 amide bonds. The molecule has 0 aliphatic rings. The summed E-state index contributed by atoms with van der Waals surface area (Å²) in [6.07, 6.45) is 4.19. The molecule has 86 valence electrons. The van der Waals surface area contributed by atoms with Gasteiger partial charge in [0.05, 0.1) is 0 Å². The third kappa shape index (κ3) is 3.97. The highest BCUT2D eigenvalue weighted by molar-refractivity contribution is 6.30. The predicted molar refractivity (Wildman–Crippen MR) is 75.4 cm³/mol. The van der Waals surface area contributed by atoms with Crippen LogP contribution >= 0.6 is 11.6 Å². The van der Waals surface area contributed by atoms with Crippen molar-refractivity contribution in [3.05, 3.63) is 71.3 Å². The molecule has 0 atom stereocenters. The van der Waals surface area contributed by atoms with Crippen LogP contribution in [0.1, 0.15) is 5.56 Å². The van der Waals surface area contributed by atoms with Gasteiger partial charge in [0, 0.05) is 17.3 Å². The van der Waals surface area contributed by atoms with Gasteiger partial charge in [-0.25, -0.2) is 0 Å². The van der Waals surface area contributed by atoms with Crippen LogP contribution < -0.4 is 5.32 Å². The van der Waals surface area contributed by atoms with E-state index in [-0.39, 0.29) is 0 Å². The monoisotopic (exact) mass is 243 g/mol. The summed E-state index contributed by atoms with van der Waals surface area (Å²) in [4.78, 5) is 0. The fourth-order valence-electron chi connectivity index (χ4n) is 1.53. The Kier molecular flexibility index (Phi) is 4.23. The first-order valence-electron chi connectivity index (χ1n) is 5.55. The summed E-state index contributed by atoms with van der Waals surface area (Å²) in [5.74, 6) is 0. The molecule has 0 saturated carbocycles. The van der Waals surface area contributed by atoms with E-state index >= 15 is 0 Å². The number of benzene rings is 2. The van der Waals surface area contributed by atoms with Crippen molar-refractivity contribution < 1.29 is 0 Å². The average molecular weight is 244 g/mol. The fourth-order valence-corrected chi connectivity index (χ4v) is 1.72. The van der Waals surface area contributed by atoms with E-state index in [1.54, 1.807) is 0 Å². The summed E-state index contributed by atoms with van der Waals surface area (Å²) in [6, 6.07) is 18.0. The zero-order valence-electron chi connectivity index (χ0n) is 9.44. The summed E-state index contributed by atoms with van der Waals surface area (Å²) >= 11 is 5.90. The first kappa shape index (κ1) is 11.7. The maximum absolute atomic E-state index is 5.90. The lowest BCUT2D eigenvalue weighted by molar-refractivity contribution is 1.34. The molecule has 1 nitrogen and oxygen atoms in total. The Morgan fingerprint density at radius 2 is 1.82 bits per heavy atom. The van der Waals surface area contributed by atoms with Gasteiger partial charge in [0.15, 0.2) is 0 Å². The van der Waals surface area contributed by atoms with Crippen LogP contribution in [0, 0.1) is 0 Å². The lowest BCUT2D eigenvalue weighted by Crippen LogP contribution is -1.97. The lowest BCUT2D eigenvalue weighted by atomic mass is 10.2. The van der Waals surface area contributed by atoms with E-state index in [1.807, 2.05) is 42.5 Å². The molecule has 2 aromatic rings. The van der Waals surface area contributed by atoms with E-state index in [4.69, 9.17) is 11.6 Å². The molecule has 2 aromatic carbocycles. The largest absolute Gasteiger partial charge is 0.382 e. The number of hydrogen-bond acceptors (Lipinski definition) is 1. The van der Waals surface area contributed by atoms with Crippen LogP contribution in [0.3, 0.4) is 0 Å². The Labute approximate surface area is 107 Å². The molecule has 0 saturated heterocycles. The third-order valence-corrected chi connectivity index (χ3v) is 2.59. The quantitative estimate of drug-likeness (QED) is 0.836. The highest BCUT2D eigenvalue weighted by Gasteiger charge is 1.90. The SMILES string of the molecule is Clc1cccc(NC/C=C/c2ccccc2)c1. The molecule has 0 aliphatic heterocycles. The van der Waals surface area contributed by atoms with Crippen molar-refractivity contribution in [1.82, 2.24) is 0 Å². The molecule has 0 bridgehead atoms. The van der Waals surface area contributed by atoms with Gasteiger partial charge in [-0.05, 0) is 23.8 Å². The first-order chi connectivity index (χ1) is 8.34. The van der Waals surface area contributed by atoms with Crippen molar-refractivity contribution in [2.45, 2.75) is 0 Å². The smallest absolute Gasteiger partial charge is 0.0426 e. The summed E-state index contributed by atoms with van der Waals surface area (Å²) < 4.78 is 0. The molecule has 2 heteroatoms. The van der Waals surface area contributed by atoms with Crippen molar-refractivity contribution in [3.8, 4) is 0 Å². The second-order valence-corrected chi connectivity index (χ2v) is 4.14. The standard InChI is InChI=1S/C15H14ClN/c16-14-9-4-10-15(12-14)17-11-5-8-13-6-2-1-3-7-13/h1-10,12,17H,11H2/b8-5+. The second-order valence-electron chi connectivity index (χ2n) is 3.70. The van der Waals surface area contributed by atoms with Crippen molar-refractivity contribution in [3.63, 3.8) is 0 Å². The van der Waals surface area contributed by atoms with Crippen LogP contribution in [0.2, 0.25) is 5.02 Å². The summed E-state index contributed by atoms with van der Waals surface area (Å²) in [7, 11) is 0. The van der Waals surface area contributed by atoms with Crippen LogP contribution in [0.25, 0.3) is 6.08 Å². The van der Waals surface area contributed by atoms with Gasteiger partial charge >= 0.3 is 0 Å².